The fraction of sp³-hybridized carbons (Fsp3) is 0.188. The zero-order chi connectivity index (χ0) is 14.8. The van der Waals surface area contributed by atoms with Crippen LogP contribution in [0.15, 0.2) is 42.5 Å². The van der Waals surface area contributed by atoms with E-state index in [0.29, 0.717) is 12.2 Å². The number of nitrogens with two attached hydrogens (primary N) is 1. The zero-order valence-electron chi connectivity index (χ0n) is 11.3. The quantitative estimate of drug-likeness (QED) is 0.853. The van der Waals surface area contributed by atoms with Crippen LogP contribution in [0.3, 0.4) is 0 Å². The fourth-order valence-electron chi connectivity index (χ4n) is 2.51. The van der Waals surface area contributed by atoms with Gasteiger partial charge >= 0.3 is 0 Å². The third-order valence-electron chi connectivity index (χ3n) is 3.49. The lowest BCUT2D eigenvalue weighted by Gasteiger charge is -2.15. The summed E-state index contributed by atoms with van der Waals surface area (Å²) >= 11 is 4.91. The van der Waals surface area contributed by atoms with E-state index in [2.05, 4.69) is 11.4 Å². The molecule has 0 aliphatic carbocycles. The van der Waals surface area contributed by atoms with Crippen molar-refractivity contribution in [2.45, 2.75) is 12.5 Å². The maximum absolute atomic E-state index is 13.8. The largest absolute Gasteiger partial charge is 0.488 e. The summed E-state index contributed by atoms with van der Waals surface area (Å²) in [6.45, 7) is 0.563. The summed E-state index contributed by atoms with van der Waals surface area (Å²) < 4.78 is 19.6. The number of fused-ring (bicyclic) bond motifs is 1. The van der Waals surface area contributed by atoms with Gasteiger partial charge in [0, 0.05) is 12.1 Å². The highest BCUT2D eigenvalue weighted by Crippen LogP contribution is 2.28. The van der Waals surface area contributed by atoms with Crippen LogP contribution in [0.1, 0.15) is 11.1 Å². The molecule has 0 radical (unpaired) electrons. The second-order valence-electron chi connectivity index (χ2n) is 4.96. The van der Waals surface area contributed by atoms with Gasteiger partial charge in [0.1, 0.15) is 22.7 Å². The minimum absolute atomic E-state index is 0.0184. The monoisotopic (exact) mass is 302 g/mol. The first-order valence-corrected chi connectivity index (χ1v) is 7.12. The van der Waals surface area contributed by atoms with Crippen molar-refractivity contribution in [2.75, 3.05) is 11.9 Å². The van der Waals surface area contributed by atoms with Crippen molar-refractivity contribution in [1.29, 1.82) is 0 Å². The van der Waals surface area contributed by atoms with E-state index in [1.165, 1.54) is 11.6 Å². The molecular weight excluding hydrogens is 287 g/mol. The van der Waals surface area contributed by atoms with E-state index in [9.17, 15) is 4.39 Å². The lowest BCUT2D eigenvalue weighted by Crippen LogP contribution is -2.25. The normalized spacial score (nSPS) is 16.1. The van der Waals surface area contributed by atoms with E-state index in [0.717, 1.165) is 12.2 Å². The molecule has 2 aromatic rings. The molecule has 1 heterocycles. The molecule has 3 rings (SSSR count). The first-order valence-electron chi connectivity index (χ1n) is 6.72. The lowest BCUT2D eigenvalue weighted by molar-refractivity contribution is 0.246. The third-order valence-corrected chi connectivity index (χ3v) is 3.70. The Hall–Kier alpha value is -2.14. The Morgan fingerprint density at radius 3 is 2.86 bits per heavy atom. The van der Waals surface area contributed by atoms with Crippen molar-refractivity contribution >= 4 is 22.9 Å². The smallest absolute Gasteiger partial charge is 0.135 e. The van der Waals surface area contributed by atoms with Gasteiger partial charge in [-0.05, 0) is 23.8 Å². The molecule has 0 saturated carbocycles. The summed E-state index contributed by atoms with van der Waals surface area (Å²) in [7, 11) is 0. The maximum Gasteiger partial charge on any atom is 0.135 e. The first-order chi connectivity index (χ1) is 10.1. The molecule has 5 heteroatoms. The number of halogens is 1. The molecule has 3 nitrogen and oxygen atoms in total. The number of anilines is 1. The highest BCUT2D eigenvalue weighted by atomic mass is 32.1. The fourth-order valence-corrected chi connectivity index (χ4v) is 2.72. The van der Waals surface area contributed by atoms with Gasteiger partial charge in [0.15, 0.2) is 0 Å². The summed E-state index contributed by atoms with van der Waals surface area (Å²) in [5.41, 5.74) is 7.63. The molecule has 21 heavy (non-hydrogen) atoms. The molecule has 3 N–H and O–H groups in total. The van der Waals surface area contributed by atoms with Gasteiger partial charge in [-0.15, -0.1) is 0 Å². The Balaban J connectivity index is 1.70. The van der Waals surface area contributed by atoms with Crippen LogP contribution in [0.5, 0.6) is 5.75 Å². The van der Waals surface area contributed by atoms with Crippen LogP contribution in [0, 0.1) is 5.82 Å². The Morgan fingerprint density at radius 1 is 1.29 bits per heavy atom. The number of rotatable bonds is 4. The maximum atomic E-state index is 13.8. The van der Waals surface area contributed by atoms with E-state index in [-0.39, 0.29) is 16.7 Å². The third kappa shape index (κ3) is 2.83. The molecule has 0 aromatic heterocycles. The van der Waals surface area contributed by atoms with Gasteiger partial charge in [-0.1, -0.05) is 36.5 Å². The van der Waals surface area contributed by atoms with Crippen molar-refractivity contribution in [2.24, 2.45) is 5.73 Å². The highest BCUT2D eigenvalue weighted by Gasteiger charge is 2.22. The van der Waals surface area contributed by atoms with Gasteiger partial charge in [-0.3, -0.25) is 0 Å². The first kappa shape index (κ1) is 13.8. The van der Waals surface area contributed by atoms with E-state index in [1.54, 1.807) is 12.1 Å². The van der Waals surface area contributed by atoms with Crippen molar-refractivity contribution in [3.05, 3.63) is 59.4 Å². The lowest BCUT2D eigenvalue weighted by atomic mass is 10.1. The number of hydrogen-bond donors (Lipinski definition) is 2. The summed E-state index contributed by atoms with van der Waals surface area (Å²) in [5.74, 6) is 0.501. The Morgan fingerprint density at radius 2 is 2.10 bits per heavy atom. The topological polar surface area (TPSA) is 47.3 Å². The highest BCUT2D eigenvalue weighted by molar-refractivity contribution is 7.80. The zero-order valence-corrected chi connectivity index (χ0v) is 12.1. The molecule has 0 fully saturated rings. The van der Waals surface area contributed by atoms with Crippen molar-refractivity contribution in [1.82, 2.24) is 0 Å². The Labute approximate surface area is 127 Å². The van der Waals surface area contributed by atoms with Crippen molar-refractivity contribution < 1.29 is 9.13 Å². The van der Waals surface area contributed by atoms with Gasteiger partial charge in [-0.2, -0.15) is 0 Å². The predicted octanol–water partition coefficient (Wildman–Crippen LogP) is 2.88. The predicted molar refractivity (Wildman–Crippen MR) is 85.3 cm³/mol. The van der Waals surface area contributed by atoms with Gasteiger partial charge in [0.25, 0.3) is 0 Å². The molecule has 2 aromatic carbocycles. The minimum Gasteiger partial charge on any atom is -0.488 e. The summed E-state index contributed by atoms with van der Waals surface area (Å²) in [5, 5.41) is 3.18. The second-order valence-corrected chi connectivity index (χ2v) is 5.40. The molecule has 108 valence electrons. The molecule has 1 unspecified atom stereocenters. The Kier molecular flexibility index (Phi) is 3.75. The van der Waals surface area contributed by atoms with E-state index in [4.69, 9.17) is 22.7 Å². The van der Waals surface area contributed by atoms with Crippen LogP contribution < -0.4 is 15.8 Å². The molecule has 0 bridgehead atoms. The summed E-state index contributed by atoms with van der Waals surface area (Å²) in [6.07, 6.45) is 0.853. The Bertz CT molecular complexity index is 665. The molecule has 1 aliphatic rings. The van der Waals surface area contributed by atoms with E-state index in [1.807, 2.05) is 18.2 Å². The molecular formula is C16H15FN2OS. The summed E-state index contributed by atoms with van der Waals surface area (Å²) in [6, 6.07) is 12.7. The van der Waals surface area contributed by atoms with Crippen LogP contribution in [0.2, 0.25) is 0 Å². The van der Waals surface area contributed by atoms with Crippen LogP contribution >= 0.6 is 12.2 Å². The molecule has 0 saturated heterocycles. The average molecular weight is 302 g/mol. The number of benzene rings is 2. The number of thiocarbonyl (C=S) groups is 1. The molecule has 0 amide bonds. The van der Waals surface area contributed by atoms with Gasteiger partial charge in [0.2, 0.25) is 0 Å². The minimum atomic E-state index is -0.414. The molecule has 0 spiro atoms. The number of nitrogens with one attached hydrogen (secondary N) is 1. The van der Waals surface area contributed by atoms with Crippen molar-refractivity contribution in [3.63, 3.8) is 0 Å². The number of ether oxygens (including phenoxy) is 1. The van der Waals surface area contributed by atoms with Crippen LogP contribution in [-0.2, 0) is 6.42 Å². The number of para-hydroxylation sites is 1. The SMILES string of the molecule is NC(=S)c1c(F)cccc1NCC1Cc2ccccc2O1. The van der Waals surface area contributed by atoms with E-state index >= 15 is 0 Å². The summed E-state index contributed by atoms with van der Waals surface area (Å²) in [4.78, 5) is 0.0474. The molecule has 1 atom stereocenters. The average Bonchev–Trinajstić information content (AvgIpc) is 2.87. The molecule has 1 aliphatic heterocycles. The van der Waals surface area contributed by atoms with Gasteiger partial charge in [0.05, 0.1) is 12.1 Å². The second kappa shape index (κ2) is 5.69. The van der Waals surface area contributed by atoms with Crippen LogP contribution in [0.25, 0.3) is 0 Å². The van der Waals surface area contributed by atoms with Crippen LogP contribution in [-0.4, -0.2) is 17.6 Å². The van der Waals surface area contributed by atoms with Crippen LogP contribution in [0.4, 0.5) is 10.1 Å². The van der Waals surface area contributed by atoms with Gasteiger partial charge < -0.3 is 15.8 Å². The number of hydrogen-bond acceptors (Lipinski definition) is 3. The van der Waals surface area contributed by atoms with E-state index < -0.39 is 5.82 Å². The standard InChI is InChI=1S/C16H15FN2OS/c17-12-5-3-6-13(15(12)16(18)21)19-9-11-8-10-4-1-2-7-14(10)20-11/h1-7,11,19H,8-9H2,(H2,18,21). The van der Waals surface area contributed by atoms with Crippen molar-refractivity contribution in [3.8, 4) is 5.75 Å². The van der Waals surface area contributed by atoms with Gasteiger partial charge in [-0.25, -0.2) is 4.39 Å².